The number of ether oxygens (including phenoxy) is 3. The SMILES string of the molecule is COCC(=O)N[C@H](Cc1ccc(-c2cc(Cl)cc(Cl)c2)cc1)[C@H]1OC(C)(C)O[C@@H]1Cc1ccccc1. The van der Waals surface area contributed by atoms with E-state index in [1.807, 2.05) is 68.4 Å². The van der Waals surface area contributed by atoms with E-state index in [9.17, 15) is 4.79 Å². The minimum absolute atomic E-state index is 0.0225. The fourth-order valence-electron chi connectivity index (χ4n) is 4.65. The summed E-state index contributed by atoms with van der Waals surface area (Å²) in [5.74, 6) is -0.955. The van der Waals surface area contributed by atoms with E-state index in [0.29, 0.717) is 22.9 Å². The van der Waals surface area contributed by atoms with Crippen LogP contribution in [0.4, 0.5) is 0 Å². The Morgan fingerprint density at radius 3 is 2.25 bits per heavy atom. The van der Waals surface area contributed by atoms with Crippen LogP contribution in [0.1, 0.15) is 25.0 Å². The summed E-state index contributed by atoms with van der Waals surface area (Å²) in [6.45, 7) is 3.79. The fraction of sp³-hybridized carbons (Fsp3) is 0.345. The van der Waals surface area contributed by atoms with Gasteiger partial charge in [-0.05, 0) is 60.7 Å². The highest BCUT2D eigenvalue weighted by atomic mass is 35.5. The zero-order valence-electron chi connectivity index (χ0n) is 20.7. The Balaban J connectivity index is 1.57. The van der Waals surface area contributed by atoms with Crippen molar-refractivity contribution in [3.63, 3.8) is 0 Å². The maximum Gasteiger partial charge on any atom is 0.246 e. The maximum absolute atomic E-state index is 12.6. The number of amides is 1. The number of benzene rings is 3. The highest BCUT2D eigenvalue weighted by molar-refractivity contribution is 6.35. The van der Waals surface area contributed by atoms with E-state index in [0.717, 1.165) is 22.3 Å². The smallest absolute Gasteiger partial charge is 0.246 e. The molecule has 1 saturated heterocycles. The zero-order valence-corrected chi connectivity index (χ0v) is 22.2. The van der Waals surface area contributed by atoms with Crippen LogP contribution in [-0.2, 0) is 31.8 Å². The van der Waals surface area contributed by atoms with Crippen LogP contribution in [0.3, 0.4) is 0 Å². The molecule has 190 valence electrons. The predicted octanol–water partition coefficient (Wildman–Crippen LogP) is 6.10. The van der Waals surface area contributed by atoms with E-state index in [4.69, 9.17) is 37.4 Å². The lowest BCUT2D eigenvalue weighted by molar-refractivity contribution is -0.150. The van der Waals surface area contributed by atoms with Gasteiger partial charge in [0.15, 0.2) is 5.79 Å². The number of rotatable bonds is 9. The molecule has 1 aliphatic heterocycles. The molecular formula is C29H31Cl2NO4. The number of hydrogen-bond acceptors (Lipinski definition) is 4. The van der Waals surface area contributed by atoms with Crippen molar-refractivity contribution in [2.75, 3.05) is 13.7 Å². The zero-order chi connectivity index (χ0) is 25.7. The molecule has 0 unspecified atom stereocenters. The van der Waals surface area contributed by atoms with Crippen molar-refractivity contribution in [1.82, 2.24) is 5.32 Å². The van der Waals surface area contributed by atoms with Crippen molar-refractivity contribution in [2.24, 2.45) is 0 Å². The lowest BCUT2D eigenvalue weighted by Crippen LogP contribution is -2.50. The molecule has 3 aromatic carbocycles. The van der Waals surface area contributed by atoms with Crippen LogP contribution in [0.2, 0.25) is 10.0 Å². The van der Waals surface area contributed by atoms with E-state index in [2.05, 4.69) is 17.4 Å². The van der Waals surface area contributed by atoms with Crippen LogP contribution in [0.15, 0.2) is 72.8 Å². The fourth-order valence-corrected chi connectivity index (χ4v) is 5.17. The molecule has 7 heteroatoms. The molecule has 3 aromatic rings. The Morgan fingerprint density at radius 1 is 0.944 bits per heavy atom. The third-order valence-electron chi connectivity index (χ3n) is 6.13. The normalized spacial score (nSPS) is 19.7. The molecule has 1 N–H and O–H groups in total. The number of hydrogen-bond donors (Lipinski definition) is 1. The van der Waals surface area contributed by atoms with Crippen molar-refractivity contribution in [3.05, 3.63) is 94.0 Å². The number of nitrogens with one attached hydrogen (secondary N) is 1. The van der Waals surface area contributed by atoms with Gasteiger partial charge in [-0.3, -0.25) is 4.79 Å². The van der Waals surface area contributed by atoms with Gasteiger partial charge in [-0.15, -0.1) is 0 Å². The molecule has 0 bridgehead atoms. The third-order valence-corrected chi connectivity index (χ3v) is 6.56. The van der Waals surface area contributed by atoms with Crippen molar-refractivity contribution >= 4 is 29.1 Å². The van der Waals surface area contributed by atoms with Crippen LogP contribution < -0.4 is 5.32 Å². The van der Waals surface area contributed by atoms with E-state index >= 15 is 0 Å². The molecule has 3 atom stereocenters. The maximum atomic E-state index is 12.6. The molecule has 0 radical (unpaired) electrons. The Bertz CT molecular complexity index is 1150. The molecule has 1 amide bonds. The summed E-state index contributed by atoms with van der Waals surface area (Å²) in [4.78, 5) is 12.6. The number of carbonyl (C=O) groups is 1. The van der Waals surface area contributed by atoms with Crippen molar-refractivity contribution < 1.29 is 19.0 Å². The van der Waals surface area contributed by atoms with E-state index in [-0.39, 0.29) is 30.8 Å². The standard InChI is InChI=1S/C29H31Cl2NO4/c1-29(2)35-26(14-19-7-5-4-6-8-19)28(36-29)25(32-27(33)18-34-3)13-20-9-11-21(12-10-20)22-15-23(30)17-24(31)16-22/h4-12,15-17,25-26,28H,13-14,18H2,1-3H3,(H,32,33)/t25-,26-,28-/m1/s1. The molecular weight excluding hydrogens is 497 g/mol. The lowest BCUT2D eigenvalue weighted by Gasteiger charge is -2.28. The molecule has 5 nitrogen and oxygen atoms in total. The molecule has 0 aliphatic carbocycles. The van der Waals surface area contributed by atoms with Crippen molar-refractivity contribution in [1.29, 1.82) is 0 Å². The first kappa shape index (κ1) is 26.6. The summed E-state index contributed by atoms with van der Waals surface area (Å²) in [6, 6.07) is 23.5. The lowest BCUT2D eigenvalue weighted by atomic mass is 9.93. The van der Waals surface area contributed by atoms with E-state index in [1.165, 1.54) is 7.11 Å². The first-order valence-electron chi connectivity index (χ1n) is 12.0. The average molecular weight is 528 g/mol. The minimum atomic E-state index is -0.760. The number of methoxy groups -OCH3 is 1. The Kier molecular flexibility index (Phi) is 8.70. The summed E-state index contributed by atoms with van der Waals surface area (Å²) in [5.41, 5.74) is 4.16. The average Bonchev–Trinajstić information content (AvgIpc) is 3.13. The highest BCUT2D eigenvalue weighted by Gasteiger charge is 2.45. The second-order valence-electron chi connectivity index (χ2n) is 9.49. The Hall–Kier alpha value is -2.41. The van der Waals surface area contributed by atoms with Crippen LogP contribution in [0.25, 0.3) is 11.1 Å². The van der Waals surface area contributed by atoms with Gasteiger partial charge in [0.1, 0.15) is 12.7 Å². The second-order valence-corrected chi connectivity index (χ2v) is 10.4. The highest BCUT2D eigenvalue weighted by Crippen LogP contribution is 2.33. The summed E-state index contributed by atoms with van der Waals surface area (Å²) < 4.78 is 17.7. The van der Waals surface area contributed by atoms with Crippen LogP contribution >= 0.6 is 23.2 Å². The van der Waals surface area contributed by atoms with Gasteiger partial charge < -0.3 is 19.5 Å². The summed E-state index contributed by atoms with van der Waals surface area (Å²) in [5, 5.41) is 4.30. The van der Waals surface area contributed by atoms with Gasteiger partial charge in [0.2, 0.25) is 5.91 Å². The van der Waals surface area contributed by atoms with Crippen LogP contribution in [0.5, 0.6) is 0 Å². The van der Waals surface area contributed by atoms with Crippen molar-refractivity contribution in [3.8, 4) is 11.1 Å². The first-order chi connectivity index (χ1) is 17.2. The summed E-state index contributed by atoms with van der Waals surface area (Å²) in [7, 11) is 1.51. The molecule has 0 spiro atoms. The van der Waals surface area contributed by atoms with E-state index in [1.54, 1.807) is 6.07 Å². The Labute approximate surface area is 222 Å². The third kappa shape index (κ3) is 7.09. The quantitative estimate of drug-likeness (QED) is 0.365. The monoisotopic (exact) mass is 527 g/mol. The van der Waals surface area contributed by atoms with E-state index < -0.39 is 5.79 Å². The number of carbonyl (C=O) groups excluding carboxylic acids is 1. The van der Waals surface area contributed by atoms with Crippen LogP contribution in [-0.4, -0.2) is 43.7 Å². The van der Waals surface area contributed by atoms with Crippen LogP contribution in [0, 0.1) is 0 Å². The minimum Gasteiger partial charge on any atom is -0.375 e. The van der Waals surface area contributed by atoms with Gasteiger partial charge in [-0.1, -0.05) is 77.8 Å². The van der Waals surface area contributed by atoms with Gasteiger partial charge in [-0.2, -0.15) is 0 Å². The molecule has 1 fully saturated rings. The van der Waals surface area contributed by atoms with Gasteiger partial charge in [0.25, 0.3) is 0 Å². The van der Waals surface area contributed by atoms with Gasteiger partial charge in [-0.25, -0.2) is 0 Å². The Morgan fingerprint density at radius 2 is 1.61 bits per heavy atom. The second kappa shape index (κ2) is 11.8. The topological polar surface area (TPSA) is 56.8 Å². The molecule has 36 heavy (non-hydrogen) atoms. The molecule has 0 saturated carbocycles. The molecule has 1 heterocycles. The van der Waals surface area contributed by atoms with Crippen molar-refractivity contribution in [2.45, 2.75) is 50.7 Å². The summed E-state index contributed by atoms with van der Waals surface area (Å²) >= 11 is 12.4. The molecule has 4 rings (SSSR count). The largest absolute Gasteiger partial charge is 0.375 e. The van der Waals surface area contributed by atoms with Gasteiger partial charge in [0.05, 0.1) is 12.1 Å². The molecule has 1 aliphatic rings. The summed E-state index contributed by atoms with van der Waals surface area (Å²) in [6.07, 6.45) is 0.692. The number of halogens is 2. The molecule has 0 aromatic heterocycles. The predicted molar refractivity (Wildman–Crippen MR) is 143 cm³/mol. The van der Waals surface area contributed by atoms with Gasteiger partial charge >= 0.3 is 0 Å². The first-order valence-corrected chi connectivity index (χ1v) is 12.7. The van der Waals surface area contributed by atoms with Gasteiger partial charge in [0, 0.05) is 23.6 Å².